The number of aromatic nitrogens is 2. The van der Waals surface area contributed by atoms with Crippen LogP contribution in [0.25, 0.3) is 61.0 Å². The summed E-state index contributed by atoms with van der Waals surface area (Å²) in [5, 5.41) is 2.06. The molecule has 5 nitrogen and oxygen atoms in total. The van der Waals surface area contributed by atoms with Gasteiger partial charge in [-0.1, -0.05) is 107 Å². The van der Waals surface area contributed by atoms with Crippen LogP contribution in [-0.4, -0.2) is 9.55 Å². The fourth-order valence-electron chi connectivity index (χ4n) is 9.99. The largest absolute Gasteiger partial charge is 0.509 e. The van der Waals surface area contributed by atoms with Crippen LogP contribution >= 0.6 is 0 Å². The molecule has 0 aliphatic carbocycles. The zero-order valence-electron chi connectivity index (χ0n) is 42.1. The molecule has 2 aromatic heterocycles. The number of rotatable bonds is 8. The summed E-state index contributed by atoms with van der Waals surface area (Å²) in [5.41, 5.74) is 11.1. The first-order valence-corrected chi connectivity index (χ1v) is 24.2. The van der Waals surface area contributed by atoms with Crippen molar-refractivity contribution >= 4 is 44.6 Å². The van der Waals surface area contributed by atoms with Crippen LogP contribution in [-0.2, 0) is 31.9 Å². The van der Waals surface area contributed by atoms with E-state index in [1.54, 1.807) is 0 Å². The number of nitrogens with zero attached hydrogens (tertiary/aromatic N) is 4. The second kappa shape index (κ2) is 19.1. The van der Waals surface area contributed by atoms with Crippen molar-refractivity contribution in [3.05, 3.63) is 222 Å². The Hall–Kier alpha value is -7.48. The number of fused-ring (bicyclic) bond motifs is 4. The minimum absolute atomic E-state index is 0. The van der Waals surface area contributed by atoms with E-state index in [-0.39, 0.29) is 37.6 Å². The molecule has 0 N–H and O–H groups in total. The van der Waals surface area contributed by atoms with Gasteiger partial charge in [-0.2, -0.15) is 6.07 Å². The van der Waals surface area contributed by atoms with Crippen molar-refractivity contribution in [1.82, 2.24) is 9.55 Å². The van der Waals surface area contributed by atoms with E-state index in [2.05, 4.69) is 99.8 Å². The quantitative estimate of drug-likeness (QED) is 0.112. The van der Waals surface area contributed by atoms with E-state index < -0.39 is 28.7 Å². The molecule has 1 aliphatic heterocycles. The van der Waals surface area contributed by atoms with Crippen LogP contribution in [0.3, 0.4) is 0 Å². The third-order valence-electron chi connectivity index (χ3n) is 13.5. The van der Waals surface area contributed by atoms with E-state index in [0.717, 1.165) is 78.8 Å². The molecule has 10 heteroatoms. The number of hydrogen-bond acceptors (Lipinski definition) is 4. The Morgan fingerprint density at radius 3 is 1.69 bits per heavy atom. The first-order chi connectivity index (χ1) is 34.8. The molecular weight excluding hydrogens is 1110 g/mol. The molecule has 0 radical (unpaired) electrons. The molecule has 10 aromatic rings. The molecule has 8 aromatic carbocycles. The maximum atomic E-state index is 15.3. The van der Waals surface area contributed by atoms with Gasteiger partial charge in [0, 0.05) is 84.6 Å². The molecule has 0 saturated heterocycles. The number of aryl methyl sites for hydroxylation is 2. The van der Waals surface area contributed by atoms with Gasteiger partial charge in [0.05, 0.1) is 0 Å². The van der Waals surface area contributed by atoms with E-state index in [1.165, 1.54) is 24.3 Å². The number of halogens is 4. The van der Waals surface area contributed by atoms with Crippen molar-refractivity contribution in [2.45, 2.75) is 66.2 Å². The van der Waals surface area contributed by atoms with Crippen LogP contribution < -0.4 is 14.5 Å². The molecule has 0 amide bonds. The van der Waals surface area contributed by atoms with Gasteiger partial charge in [0.1, 0.15) is 29.1 Å². The van der Waals surface area contributed by atoms with E-state index in [9.17, 15) is 0 Å². The molecule has 3 heterocycles. The van der Waals surface area contributed by atoms with E-state index >= 15 is 17.6 Å². The Kier molecular flexibility index (Phi) is 12.9. The first-order valence-electron chi connectivity index (χ1n) is 24.2. The number of para-hydroxylation sites is 3. The SMILES string of the molecule is Cc1cc(C)cc(-c2cc(Oc3[c-]c4c(cc3)c3ccccc3n4-c3cc(C(C)(C)C)ccn3)[c-]c(N3[CH-]N(c4c(-c5cc(F)cc(F)c5)cc(C(C)(C)C)cc4-c4cc(F)cc(F)c4)c4ccccc43)c2)c1.[Pt]. The molecule has 74 heavy (non-hydrogen) atoms. The minimum atomic E-state index is -0.762. The zero-order valence-corrected chi connectivity index (χ0v) is 44.4. The van der Waals surface area contributed by atoms with Gasteiger partial charge in [-0.25, -0.2) is 22.5 Å². The Labute approximate surface area is 444 Å². The summed E-state index contributed by atoms with van der Waals surface area (Å²) in [6.45, 7) is 18.6. The van der Waals surface area contributed by atoms with Crippen LogP contribution in [0.15, 0.2) is 158 Å². The molecule has 0 bridgehead atoms. The monoisotopic (exact) mass is 1160 g/mol. The second-order valence-corrected chi connectivity index (χ2v) is 21.0. The van der Waals surface area contributed by atoms with Gasteiger partial charge in [-0.05, 0) is 125 Å². The van der Waals surface area contributed by atoms with Gasteiger partial charge in [0.15, 0.2) is 0 Å². The topological polar surface area (TPSA) is 33.5 Å². The smallest absolute Gasteiger partial charge is 0.135 e. The van der Waals surface area contributed by atoms with Crippen LogP contribution in [0.5, 0.6) is 11.5 Å². The average Bonchev–Trinajstić information content (AvgIpc) is 3.89. The summed E-state index contributed by atoms with van der Waals surface area (Å²) in [7, 11) is 0. The number of anilines is 4. The number of pyridine rings is 1. The van der Waals surface area contributed by atoms with Gasteiger partial charge in [-0.15, -0.1) is 53.6 Å². The Balaban J connectivity index is 0.00000626. The molecule has 11 rings (SSSR count). The van der Waals surface area contributed by atoms with Crippen LogP contribution in [0, 0.1) is 55.9 Å². The summed E-state index contributed by atoms with van der Waals surface area (Å²) in [4.78, 5) is 8.76. The van der Waals surface area contributed by atoms with Crippen molar-refractivity contribution in [2.24, 2.45) is 0 Å². The third kappa shape index (κ3) is 9.50. The Bertz CT molecular complexity index is 3700. The van der Waals surface area contributed by atoms with Gasteiger partial charge in [0.25, 0.3) is 0 Å². The average molecular weight is 1160 g/mol. The maximum absolute atomic E-state index is 15.3. The van der Waals surface area contributed by atoms with E-state index in [4.69, 9.17) is 9.72 Å². The second-order valence-electron chi connectivity index (χ2n) is 21.0. The van der Waals surface area contributed by atoms with Gasteiger partial charge in [0.2, 0.25) is 0 Å². The van der Waals surface area contributed by atoms with Crippen molar-refractivity contribution in [1.29, 1.82) is 0 Å². The summed E-state index contributed by atoms with van der Waals surface area (Å²) < 4.78 is 70.3. The maximum Gasteiger partial charge on any atom is 0.135 e. The third-order valence-corrected chi connectivity index (χ3v) is 13.5. The van der Waals surface area contributed by atoms with E-state index in [0.29, 0.717) is 39.7 Å². The molecular formula is C64H51F4N4OPt-3. The zero-order chi connectivity index (χ0) is 51.1. The van der Waals surface area contributed by atoms with Crippen molar-refractivity contribution < 1.29 is 43.4 Å². The van der Waals surface area contributed by atoms with Gasteiger partial charge >= 0.3 is 0 Å². The predicted molar refractivity (Wildman–Crippen MR) is 287 cm³/mol. The molecule has 0 spiro atoms. The normalized spacial score (nSPS) is 12.6. The standard InChI is InChI=1S/C64H51F4N4O.Pt/c1-38-21-39(2)23-40(22-38)41-28-50(35-52(29-41)73-51-17-18-54-53-13-9-10-14-57(53)72(60(54)36-51)61-32-44(19-20-69-61)63(3,4)5)70-37-71(59-16-12-11-15-58(59)70)62-55(42-24-46(65)33-47(66)25-42)30-45(64(6,7)8)31-56(62)43-26-48(67)34-49(68)27-43;/h9-34,37H,1-8H3;/q-3;. The van der Waals surface area contributed by atoms with Gasteiger partial charge in [-0.3, -0.25) is 0 Å². The summed E-state index contributed by atoms with van der Waals surface area (Å²) in [5.74, 6) is -1.39. The van der Waals surface area contributed by atoms with Crippen molar-refractivity contribution in [3.63, 3.8) is 0 Å². The molecule has 374 valence electrons. The van der Waals surface area contributed by atoms with Crippen LogP contribution in [0.1, 0.15) is 63.8 Å². The summed E-state index contributed by atoms with van der Waals surface area (Å²) in [6.07, 6.45) is 1.85. The first kappa shape index (κ1) is 50.1. The summed E-state index contributed by atoms with van der Waals surface area (Å²) >= 11 is 0. The molecule has 1 aliphatic rings. The summed E-state index contributed by atoms with van der Waals surface area (Å²) in [6, 6.07) is 52.4. The molecule has 0 atom stereocenters. The number of ether oxygens (including phenoxy) is 1. The molecule has 0 unspecified atom stereocenters. The van der Waals surface area contributed by atoms with Crippen molar-refractivity contribution in [3.8, 4) is 50.7 Å². The fourth-order valence-corrected chi connectivity index (χ4v) is 9.99. The fraction of sp³-hybridized carbons (Fsp3) is 0.156. The number of benzene rings is 8. The molecule has 0 saturated carbocycles. The Morgan fingerprint density at radius 1 is 0.514 bits per heavy atom. The van der Waals surface area contributed by atoms with Crippen molar-refractivity contribution in [2.75, 3.05) is 9.80 Å². The molecule has 0 fully saturated rings. The number of hydrogen-bond donors (Lipinski definition) is 0. The van der Waals surface area contributed by atoms with Crippen LogP contribution in [0.2, 0.25) is 0 Å². The van der Waals surface area contributed by atoms with Gasteiger partial charge < -0.3 is 19.1 Å². The van der Waals surface area contributed by atoms with Crippen LogP contribution in [0.4, 0.5) is 40.3 Å². The Morgan fingerprint density at radius 2 is 1.08 bits per heavy atom. The predicted octanol–water partition coefficient (Wildman–Crippen LogP) is 17.7. The van der Waals surface area contributed by atoms with E-state index in [1.807, 2.05) is 110 Å². The minimum Gasteiger partial charge on any atom is -0.509 e.